The van der Waals surface area contributed by atoms with E-state index in [1.165, 1.54) is 19.3 Å². The number of ether oxygens (including phenoxy) is 1. The second kappa shape index (κ2) is 6.44. The topological polar surface area (TPSA) is 62.1 Å². The van der Waals surface area contributed by atoms with Crippen molar-refractivity contribution in [2.24, 2.45) is 0 Å². The molecule has 18 heavy (non-hydrogen) atoms. The van der Waals surface area contributed by atoms with E-state index < -0.39 is 5.54 Å². The molecule has 1 amide bonds. The van der Waals surface area contributed by atoms with E-state index in [9.17, 15) is 4.79 Å². The van der Waals surface area contributed by atoms with Crippen LogP contribution in [0.1, 0.15) is 38.5 Å². The third kappa shape index (κ3) is 3.63. The largest absolute Gasteiger partial charge is 0.368 e. The number of nitriles is 1. The van der Waals surface area contributed by atoms with Crippen LogP contribution in [-0.4, -0.2) is 35.7 Å². The van der Waals surface area contributed by atoms with Crippen LogP contribution in [-0.2, 0) is 9.53 Å². The number of nitrogens with zero attached hydrogens (tertiary/aromatic N) is 1. The van der Waals surface area contributed by atoms with Gasteiger partial charge in [-0.3, -0.25) is 4.79 Å². The molecule has 0 aromatic rings. The molecule has 100 valence electrons. The summed E-state index contributed by atoms with van der Waals surface area (Å²) in [6.45, 7) is 0.0960. The highest BCUT2D eigenvalue weighted by atomic mass is 32.2. The number of carbonyl (C=O) groups excluding carboxylic acids is 1. The van der Waals surface area contributed by atoms with Crippen LogP contribution >= 0.6 is 11.8 Å². The Morgan fingerprint density at radius 2 is 2.22 bits per heavy atom. The highest BCUT2D eigenvalue weighted by Crippen LogP contribution is 2.27. The Balaban J connectivity index is 1.73. The Hall–Kier alpha value is -0.730. The maximum Gasteiger partial charge on any atom is 0.247 e. The van der Waals surface area contributed by atoms with Crippen molar-refractivity contribution in [3.63, 3.8) is 0 Å². The van der Waals surface area contributed by atoms with E-state index in [-0.39, 0.29) is 18.6 Å². The second-order valence-electron chi connectivity index (χ2n) is 5.12. The molecule has 1 atom stereocenters. The Morgan fingerprint density at radius 1 is 1.44 bits per heavy atom. The van der Waals surface area contributed by atoms with Gasteiger partial charge in [-0.2, -0.15) is 17.0 Å². The van der Waals surface area contributed by atoms with E-state index in [0.717, 1.165) is 25.0 Å². The van der Waals surface area contributed by atoms with Crippen LogP contribution in [0.25, 0.3) is 0 Å². The van der Waals surface area contributed by atoms with Crippen molar-refractivity contribution in [2.45, 2.75) is 50.2 Å². The van der Waals surface area contributed by atoms with E-state index >= 15 is 0 Å². The molecule has 1 saturated carbocycles. The summed E-state index contributed by atoms with van der Waals surface area (Å²) in [7, 11) is 0. The van der Waals surface area contributed by atoms with Crippen LogP contribution in [0.4, 0.5) is 0 Å². The molecule has 0 bridgehead atoms. The van der Waals surface area contributed by atoms with E-state index in [2.05, 4.69) is 11.4 Å². The van der Waals surface area contributed by atoms with Crippen LogP contribution in [0.5, 0.6) is 0 Å². The summed E-state index contributed by atoms with van der Waals surface area (Å²) in [5.41, 5.74) is -0.655. The molecule has 5 heteroatoms. The Labute approximate surface area is 112 Å². The zero-order chi connectivity index (χ0) is 12.8. The van der Waals surface area contributed by atoms with Crippen molar-refractivity contribution in [1.29, 1.82) is 5.26 Å². The predicted octanol–water partition coefficient (Wildman–Crippen LogP) is 1.85. The van der Waals surface area contributed by atoms with Crippen LogP contribution in [0.2, 0.25) is 0 Å². The van der Waals surface area contributed by atoms with Gasteiger partial charge in [0.1, 0.15) is 12.1 Å². The maximum atomic E-state index is 11.8. The minimum atomic E-state index is -0.655. The fourth-order valence-corrected chi connectivity index (χ4v) is 3.77. The zero-order valence-electron chi connectivity index (χ0n) is 10.6. The molecule has 1 aliphatic heterocycles. The number of amides is 1. The third-order valence-electron chi connectivity index (χ3n) is 3.62. The molecule has 0 radical (unpaired) electrons. The van der Waals surface area contributed by atoms with Crippen molar-refractivity contribution in [3.05, 3.63) is 0 Å². The summed E-state index contributed by atoms with van der Waals surface area (Å²) >= 11 is 1.72. The fourth-order valence-electron chi connectivity index (χ4n) is 2.51. The summed E-state index contributed by atoms with van der Waals surface area (Å²) in [5.74, 6) is 1.49. The lowest BCUT2D eigenvalue weighted by atomic mass is 9.98. The lowest BCUT2D eigenvalue weighted by Crippen LogP contribution is -2.49. The molecule has 1 unspecified atom stereocenters. The van der Waals surface area contributed by atoms with Gasteiger partial charge in [-0.1, -0.05) is 19.3 Å². The average Bonchev–Trinajstić information content (AvgIpc) is 2.87. The van der Waals surface area contributed by atoms with Crippen molar-refractivity contribution >= 4 is 17.7 Å². The summed E-state index contributed by atoms with van der Waals surface area (Å²) in [6, 6.07) is 2.24. The minimum Gasteiger partial charge on any atom is -0.368 e. The fraction of sp³-hybridized carbons (Fsp3) is 0.846. The second-order valence-corrected chi connectivity index (χ2v) is 6.22. The van der Waals surface area contributed by atoms with E-state index in [4.69, 9.17) is 10.00 Å². The van der Waals surface area contributed by atoms with Gasteiger partial charge in [0.05, 0.1) is 12.2 Å². The molecule has 1 aliphatic carbocycles. The van der Waals surface area contributed by atoms with Crippen molar-refractivity contribution in [3.8, 4) is 6.07 Å². The zero-order valence-corrected chi connectivity index (χ0v) is 11.4. The Kier molecular flexibility index (Phi) is 4.90. The van der Waals surface area contributed by atoms with Gasteiger partial charge < -0.3 is 10.1 Å². The molecular formula is C13H20N2O2S. The summed E-state index contributed by atoms with van der Waals surface area (Å²) in [4.78, 5) is 11.8. The van der Waals surface area contributed by atoms with Gasteiger partial charge in [0, 0.05) is 5.75 Å². The van der Waals surface area contributed by atoms with Crippen LogP contribution in [0, 0.1) is 11.3 Å². The van der Waals surface area contributed by atoms with Crippen LogP contribution < -0.4 is 5.32 Å². The molecule has 1 saturated heterocycles. The van der Waals surface area contributed by atoms with Gasteiger partial charge in [0.2, 0.25) is 5.91 Å². The standard InChI is InChI=1S/C13H20N2O2S/c14-9-13(6-7-18-10-13)15-12(16)8-17-11-4-2-1-3-5-11/h11H,1-8,10H2,(H,15,16). The minimum absolute atomic E-state index is 0.0960. The summed E-state index contributed by atoms with van der Waals surface area (Å²) < 4.78 is 5.62. The van der Waals surface area contributed by atoms with E-state index in [0.29, 0.717) is 5.75 Å². The van der Waals surface area contributed by atoms with E-state index in [1.807, 2.05) is 0 Å². The quantitative estimate of drug-likeness (QED) is 0.845. The van der Waals surface area contributed by atoms with Gasteiger partial charge in [-0.15, -0.1) is 0 Å². The first kappa shape index (κ1) is 13.7. The molecular weight excluding hydrogens is 248 g/mol. The smallest absolute Gasteiger partial charge is 0.247 e. The first-order valence-corrected chi connectivity index (χ1v) is 7.81. The normalized spacial score (nSPS) is 28.8. The van der Waals surface area contributed by atoms with Crippen molar-refractivity contribution in [1.82, 2.24) is 5.32 Å². The lowest BCUT2D eigenvalue weighted by Gasteiger charge is -2.24. The molecule has 1 N–H and O–H groups in total. The summed E-state index contributed by atoms with van der Waals surface area (Å²) in [5, 5.41) is 12.0. The predicted molar refractivity (Wildman–Crippen MR) is 71.3 cm³/mol. The van der Waals surface area contributed by atoms with Crippen molar-refractivity contribution in [2.75, 3.05) is 18.1 Å². The first-order valence-electron chi connectivity index (χ1n) is 6.66. The van der Waals surface area contributed by atoms with Gasteiger partial charge in [0.25, 0.3) is 0 Å². The van der Waals surface area contributed by atoms with E-state index in [1.54, 1.807) is 11.8 Å². The Bertz CT molecular complexity index is 328. The number of hydrogen-bond donors (Lipinski definition) is 1. The average molecular weight is 268 g/mol. The molecule has 2 rings (SSSR count). The monoisotopic (exact) mass is 268 g/mol. The molecule has 0 aromatic heterocycles. The molecule has 2 fully saturated rings. The number of nitrogens with one attached hydrogen (secondary N) is 1. The number of rotatable bonds is 4. The third-order valence-corrected chi connectivity index (χ3v) is 4.81. The highest BCUT2D eigenvalue weighted by molar-refractivity contribution is 7.99. The Morgan fingerprint density at radius 3 is 2.83 bits per heavy atom. The maximum absolute atomic E-state index is 11.8. The molecule has 0 aromatic carbocycles. The van der Waals surface area contributed by atoms with Crippen LogP contribution in [0.3, 0.4) is 0 Å². The SMILES string of the molecule is N#CC1(NC(=O)COC2CCCCC2)CCSC1. The van der Waals surface area contributed by atoms with Crippen molar-refractivity contribution < 1.29 is 9.53 Å². The van der Waals surface area contributed by atoms with Gasteiger partial charge in [-0.25, -0.2) is 0 Å². The molecule has 4 nitrogen and oxygen atoms in total. The van der Waals surface area contributed by atoms with Gasteiger partial charge >= 0.3 is 0 Å². The first-order chi connectivity index (χ1) is 8.74. The molecule has 1 heterocycles. The molecule has 2 aliphatic rings. The highest BCUT2D eigenvalue weighted by Gasteiger charge is 2.36. The number of thioether (sulfide) groups is 1. The van der Waals surface area contributed by atoms with Gasteiger partial charge in [-0.05, 0) is 25.0 Å². The van der Waals surface area contributed by atoms with Gasteiger partial charge in [0.15, 0.2) is 0 Å². The number of carbonyl (C=O) groups is 1. The molecule has 0 spiro atoms. The summed E-state index contributed by atoms with van der Waals surface area (Å²) in [6.07, 6.45) is 6.78. The lowest BCUT2D eigenvalue weighted by molar-refractivity contribution is -0.129. The number of hydrogen-bond acceptors (Lipinski definition) is 4. The van der Waals surface area contributed by atoms with Crippen LogP contribution in [0.15, 0.2) is 0 Å².